The standard InChI is InChI=1S/C16H9F4N3O5S2/c1-7-11-2-3-12(16(18,19)20)21-15(11)29-13(7)14(24)22-30(27,28)10-5-8(17)4-9(6-10)23(25)26/h2-6H,1H3,(H,22,24). The molecule has 0 spiro atoms. The number of benzene rings is 1. The van der Waals surface area contributed by atoms with Gasteiger partial charge in [-0.25, -0.2) is 22.5 Å². The summed E-state index contributed by atoms with van der Waals surface area (Å²) in [5.41, 5.74) is -1.83. The average molecular weight is 463 g/mol. The van der Waals surface area contributed by atoms with Crippen LogP contribution in [0.4, 0.5) is 23.2 Å². The molecular formula is C16H9F4N3O5S2. The van der Waals surface area contributed by atoms with Crippen LogP contribution >= 0.6 is 11.3 Å². The molecule has 14 heteroatoms. The molecule has 2 aromatic heterocycles. The minimum absolute atomic E-state index is 0.133. The molecule has 30 heavy (non-hydrogen) atoms. The Labute approximate surface area is 169 Å². The second kappa shape index (κ2) is 7.28. The van der Waals surface area contributed by atoms with Crippen molar-refractivity contribution in [2.24, 2.45) is 0 Å². The number of non-ortho nitro benzene ring substituents is 1. The highest BCUT2D eigenvalue weighted by atomic mass is 32.2. The first-order chi connectivity index (χ1) is 13.8. The molecule has 0 aliphatic carbocycles. The van der Waals surface area contributed by atoms with Gasteiger partial charge in [-0.1, -0.05) is 0 Å². The summed E-state index contributed by atoms with van der Waals surface area (Å²) in [6.07, 6.45) is -4.70. The van der Waals surface area contributed by atoms with Crippen LogP contribution in [0.2, 0.25) is 0 Å². The van der Waals surface area contributed by atoms with E-state index in [-0.39, 0.29) is 20.7 Å². The van der Waals surface area contributed by atoms with Gasteiger partial charge in [-0.05, 0) is 30.7 Å². The normalized spacial score (nSPS) is 12.2. The van der Waals surface area contributed by atoms with Gasteiger partial charge in [-0.2, -0.15) is 13.2 Å². The van der Waals surface area contributed by atoms with Crippen molar-refractivity contribution in [2.45, 2.75) is 18.0 Å². The van der Waals surface area contributed by atoms with Gasteiger partial charge in [0.15, 0.2) is 0 Å². The highest BCUT2D eigenvalue weighted by Crippen LogP contribution is 2.34. The summed E-state index contributed by atoms with van der Waals surface area (Å²) in [6, 6.07) is 3.39. The van der Waals surface area contributed by atoms with Crippen LogP contribution in [-0.2, 0) is 16.2 Å². The van der Waals surface area contributed by atoms with Gasteiger partial charge in [0.05, 0.1) is 20.8 Å². The van der Waals surface area contributed by atoms with Gasteiger partial charge in [0.25, 0.3) is 21.6 Å². The number of nitro groups is 1. The van der Waals surface area contributed by atoms with E-state index < -0.39 is 49.1 Å². The summed E-state index contributed by atoms with van der Waals surface area (Å²) in [4.78, 5) is 24.5. The quantitative estimate of drug-likeness (QED) is 0.357. The molecule has 0 radical (unpaired) electrons. The number of carbonyl (C=O) groups excluding carboxylic acids is 1. The van der Waals surface area contributed by atoms with Gasteiger partial charge in [-0.15, -0.1) is 11.3 Å². The number of alkyl halides is 3. The maximum atomic E-state index is 13.5. The zero-order valence-electron chi connectivity index (χ0n) is 14.7. The Kier molecular flexibility index (Phi) is 5.24. The first-order valence-corrected chi connectivity index (χ1v) is 10.1. The van der Waals surface area contributed by atoms with Gasteiger partial charge >= 0.3 is 6.18 Å². The first kappa shape index (κ1) is 21.6. The van der Waals surface area contributed by atoms with E-state index in [0.717, 1.165) is 12.1 Å². The third-order valence-electron chi connectivity index (χ3n) is 3.90. The van der Waals surface area contributed by atoms with E-state index in [2.05, 4.69) is 4.98 Å². The van der Waals surface area contributed by atoms with Crippen LogP contribution in [0.15, 0.2) is 35.2 Å². The van der Waals surface area contributed by atoms with Crippen molar-refractivity contribution >= 4 is 43.2 Å². The third-order valence-corrected chi connectivity index (χ3v) is 6.42. The van der Waals surface area contributed by atoms with Crippen molar-refractivity contribution in [1.82, 2.24) is 9.71 Å². The Morgan fingerprint density at radius 3 is 2.50 bits per heavy atom. The molecule has 0 unspecified atom stereocenters. The van der Waals surface area contributed by atoms with Crippen molar-refractivity contribution in [3.8, 4) is 0 Å². The Morgan fingerprint density at radius 1 is 1.23 bits per heavy atom. The summed E-state index contributed by atoms with van der Waals surface area (Å²) < 4.78 is 78.4. The summed E-state index contributed by atoms with van der Waals surface area (Å²) in [5.74, 6) is -2.41. The van der Waals surface area contributed by atoms with Gasteiger partial charge in [0, 0.05) is 11.5 Å². The number of carbonyl (C=O) groups is 1. The summed E-state index contributed by atoms with van der Waals surface area (Å²) in [5, 5.41) is 11.0. The highest BCUT2D eigenvalue weighted by Gasteiger charge is 2.33. The molecule has 8 nitrogen and oxygen atoms in total. The van der Waals surface area contributed by atoms with E-state index in [1.165, 1.54) is 6.92 Å². The van der Waals surface area contributed by atoms with E-state index >= 15 is 0 Å². The number of nitro benzene ring substituents is 1. The largest absolute Gasteiger partial charge is 0.433 e. The van der Waals surface area contributed by atoms with Crippen molar-refractivity contribution in [3.05, 3.63) is 62.4 Å². The molecule has 0 aliphatic heterocycles. The van der Waals surface area contributed by atoms with Crippen LogP contribution in [0.25, 0.3) is 10.2 Å². The van der Waals surface area contributed by atoms with Crippen molar-refractivity contribution < 1.29 is 35.7 Å². The molecule has 0 saturated heterocycles. The fraction of sp³-hybridized carbons (Fsp3) is 0.125. The van der Waals surface area contributed by atoms with Crippen molar-refractivity contribution in [1.29, 1.82) is 0 Å². The molecule has 1 N–H and O–H groups in total. The number of aryl methyl sites for hydroxylation is 1. The van der Waals surface area contributed by atoms with Gasteiger partial charge in [0.2, 0.25) is 0 Å². The zero-order valence-corrected chi connectivity index (χ0v) is 16.3. The van der Waals surface area contributed by atoms with E-state index in [0.29, 0.717) is 29.5 Å². The number of nitrogens with one attached hydrogen (secondary N) is 1. The van der Waals surface area contributed by atoms with Crippen molar-refractivity contribution in [3.63, 3.8) is 0 Å². The number of hydrogen-bond donors (Lipinski definition) is 1. The monoisotopic (exact) mass is 463 g/mol. The Balaban J connectivity index is 1.98. The fourth-order valence-corrected chi connectivity index (χ4v) is 4.66. The topological polar surface area (TPSA) is 119 Å². The predicted molar refractivity (Wildman–Crippen MR) is 97.1 cm³/mol. The van der Waals surface area contributed by atoms with Gasteiger partial charge in [0.1, 0.15) is 16.3 Å². The first-order valence-electron chi connectivity index (χ1n) is 7.79. The predicted octanol–water partition coefficient (Wildman–Crippen LogP) is 3.79. The number of sulfonamides is 1. The summed E-state index contributed by atoms with van der Waals surface area (Å²) in [6.45, 7) is 1.39. The smallest absolute Gasteiger partial charge is 0.267 e. The summed E-state index contributed by atoms with van der Waals surface area (Å²) >= 11 is 0.539. The lowest BCUT2D eigenvalue weighted by Gasteiger charge is -2.07. The molecule has 3 rings (SSSR count). The Bertz CT molecular complexity index is 1300. The highest BCUT2D eigenvalue weighted by molar-refractivity contribution is 7.90. The minimum Gasteiger partial charge on any atom is -0.267 e. The molecule has 158 valence electrons. The maximum Gasteiger partial charge on any atom is 0.433 e. The molecule has 0 aliphatic rings. The lowest BCUT2D eigenvalue weighted by Crippen LogP contribution is -2.30. The average Bonchev–Trinajstić information content (AvgIpc) is 2.96. The molecule has 3 aromatic rings. The summed E-state index contributed by atoms with van der Waals surface area (Å²) in [7, 11) is -4.71. The van der Waals surface area contributed by atoms with Crippen LogP contribution in [0.3, 0.4) is 0 Å². The number of thiophene rings is 1. The van der Waals surface area contributed by atoms with Crippen LogP contribution in [0.5, 0.6) is 0 Å². The number of rotatable bonds is 4. The molecular weight excluding hydrogens is 454 g/mol. The number of amides is 1. The molecule has 2 heterocycles. The number of hydrogen-bond acceptors (Lipinski definition) is 7. The van der Waals surface area contributed by atoms with Gasteiger partial charge < -0.3 is 0 Å². The lowest BCUT2D eigenvalue weighted by atomic mass is 10.2. The van der Waals surface area contributed by atoms with Crippen molar-refractivity contribution in [2.75, 3.05) is 0 Å². The molecule has 0 atom stereocenters. The number of aromatic nitrogens is 1. The zero-order chi connectivity index (χ0) is 22.4. The van der Waals surface area contributed by atoms with Crippen LogP contribution < -0.4 is 4.72 Å². The number of halogens is 4. The lowest BCUT2D eigenvalue weighted by molar-refractivity contribution is -0.385. The number of nitrogens with zero attached hydrogens (tertiary/aromatic N) is 2. The Morgan fingerprint density at radius 2 is 1.90 bits per heavy atom. The minimum atomic E-state index is -4.71. The SMILES string of the molecule is Cc1c(C(=O)NS(=O)(=O)c2cc(F)cc([N+](=O)[O-])c2)sc2nc(C(F)(F)F)ccc12. The van der Waals surface area contributed by atoms with Crippen LogP contribution in [0.1, 0.15) is 20.9 Å². The van der Waals surface area contributed by atoms with E-state index in [4.69, 9.17) is 0 Å². The molecule has 1 amide bonds. The molecule has 0 bridgehead atoms. The second-order valence-corrected chi connectivity index (χ2v) is 8.62. The third kappa shape index (κ3) is 4.09. The van der Waals surface area contributed by atoms with Crippen LogP contribution in [-0.4, -0.2) is 24.2 Å². The Hall–Kier alpha value is -3.13. The number of pyridine rings is 1. The number of fused-ring (bicyclic) bond motifs is 1. The second-order valence-electron chi connectivity index (χ2n) is 5.94. The van der Waals surface area contributed by atoms with E-state index in [1.54, 1.807) is 4.72 Å². The fourth-order valence-electron chi connectivity index (χ4n) is 2.51. The van der Waals surface area contributed by atoms with Gasteiger partial charge in [-0.3, -0.25) is 14.9 Å². The van der Waals surface area contributed by atoms with E-state index in [1.807, 2.05) is 0 Å². The molecule has 0 fully saturated rings. The van der Waals surface area contributed by atoms with Crippen LogP contribution in [0, 0.1) is 22.9 Å². The molecule has 1 aromatic carbocycles. The molecule has 0 saturated carbocycles. The maximum absolute atomic E-state index is 13.5. The van der Waals surface area contributed by atoms with E-state index in [9.17, 15) is 40.9 Å².